The first-order valence-electron chi connectivity index (χ1n) is 7.63. The summed E-state index contributed by atoms with van der Waals surface area (Å²) >= 11 is 0. The third-order valence-corrected chi connectivity index (χ3v) is 4.70. The van der Waals surface area contributed by atoms with E-state index in [2.05, 4.69) is 4.98 Å². The molecule has 0 saturated heterocycles. The lowest BCUT2D eigenvalue weighted by Crippen LogP contribution is -2.43. The summed E-state index contributed by atoms with van der Waals surface area (Å²) in [4.78, 5) is 29.2. The van der Waals surface area contributed by atoms with Crippen LogP contribution in [0.25, 0.3) is 11.2 Å². The Hall–Kier alpha value is -1.89. The monoisotopic (exact) mass is 306 g/mol. The van der Waals surface area contributed by atoms with Gasteiger partial charge in [-0.1, -0.05) is 6.42 Å². The van der Waals surface area contributed by atoms with Gasteiger partial charge in [0.1, 0.15) is 0 Å². The lowest BCUT2D eigenvalue weighted by Gasteiger charge is -2.34. The molecule has 2 aromatic heterocycles. The predicted octanol–water partition coefficient (Wildman–Crippen LogP) is 0.375. The molecule has 2 aromatic rings. The van der Waals surface area contributed by atoms with Crippen LogP contribution >= 0.6 is 0 Å². The smallest absolute Gasteiger partial charge is 0.332 e. The summed E-state index contributed by atoms with van der Waals surface area (Å²) in [5, 5.41) is 10.2. The number of aryl methyl sites for hydroxylation is 2. The topological polar surface area (TPSA) is 82.1 Å². The minimum absolute atomic E-state index is 0.139. The van der Waals surface area contributed by atoms with E-state index in [9.17, 15) is 14.7 Å². The Morgan fingerprint density at radius 3 is 2.82 bits per heavy atom. The number of hydrogen-bond acceptors (Lipinski definition) is 4. The van der Waals surface area contributed by atoms with Crippen molar-refractivity contribution >= 4 is 11.2 Å². The fourth-order valence-electron chi connectivity index (χ4n) is 3.57. The van der Waals surface area contributed by atoms with Gasteiger partial charge < -0.3 is 9.67 Å². The largest absolute Gasteiger partial charge is 0.390 e. The molecule has 1 N–H and O–H groups in total. The molecule has 22 heavy (non-hydrogen) atoms. The molecule has 7 nitrogen and oxygen atoms in total. The van der Waals surface area contributed by atoms with Gasteiger partial charge >= 0.3 is 5.69 Å². The van der Waals surface area contributed by atoms with E-state index in [0.717, 1.165) is 19.3 Å². The van der Waals surface area contributed by atoms with Gasteiger partial charge in [0.25, 0.3) is 5.56 Å². The molecule has 3 rings (SSSR count). The first-order chi connectivity index (χ1) is 10.3. The highest BCUT2D eigenvalue weighted by Crippen LogP contribution is 2.32. The van der Waals surface area contributed by atoms with Crippen LogP contribution in [0.5, 0.6) is 0 Å². The van der Waals surface area contributed by atoms with Crippen LogP contribution in [-0.2, 0) is 20.6 Å². The highest BCUT2D eigenvalue weighted by Gasteiger charge is 2.30. The maximum atomic E-state index is 12.6. The molecular formula is C15H22N4O3. The quantitative estimate of drug-likeness (QED) is 0.869. The molecule has 1 fully saturated rings. The van der Waals surface area contributed by atoms with Crippen molar-refractivity contribution in [1.82, 2.24) is 18.7 Å². The van der Waals surface area contributed by atoms with E-state index in [0.29, 0.717) is 24.1 Å². The van der Waals surface area contributed by atoms with Crippen LogP contribution in [0.15, 0.2) is 15.9 Å². The first kappa shape index (κ1) is 15.0. The maximum Gasteiger partial charge on any atom is 0.332 e. The van der Waals surface area contributed by atoms with Gasteiger partial charge in [-0.2, -0.15) is 0 Å². The van der Waals surface area contributed by atoms with E-state index in [1.54, 1.807) is 25.0 Å². The molecule has 0 spiro atoms. The Morgan fingerprint density at radius 1 is 1.41 bits per heavy atom. The zero-order valence-electron chi connectivity index (χ0n) is 13.2. The van der Waals surface area contributed by atoms with Crippen molar-refractivity contribution < 1.29 is 5.11 Å². The molecule has 1 aliphatic carbocycles. The highest BCUT2D eigenvalue weighted by molar-refractivity contribution is 5.69. The Morgan fingerprint density at radius 2 is 2.14 bits per heavy atom. The molecule has 0 aliphatic heterocycles. The van der Waals surface area contributed by atoms with Gasteiger partial charge in [0.15, 0.2) is 11.2 Å². The third-order valence-electron chi connectivity index (χ3n) is 4.70. The van der Waals surface area contributed by atoms with E-state index in [4.69, 9.17) is 0 Å². The average Bonchev–Trinajstić information content (AvgIpc) is 2.82. The molecule has 0 aromatic carbocycles. The van der Waals surface area contributed by atoms with Crippen molar-refractivity contribution in [2.24, 2.45) is 20.0 Å². The molecule has 1 saturated carbocycles. The molecule has 7 heteroatoms. The normalized spacial score (nSPS) is 25.7. The number of rotatable bonds is 2. The highest BCUT2D eigenvalue weighted by atomic mass is 16.3. The average molecular weight is 306 g/mol. The molecule has 1 aliphatic rings. The summed E-state index contributed by atoms with van der Waals surface area (Å²) in [6.45, 7) is 2.17. The lowest BCUT2D eigenvalue weighted by molar-refractivity contribution is -0.00250. The fraction of sp³-hybridized carbons (Fsp3) is 0.667. The number of aliphatic hydroxyl groups is 1. The van der Waals surface area contributed by atoms with Gasteiger partial charge in [-0.15, -0.1) is 0 Å². The van der Waals surface area contributed by atoms with Crippen LogP contribution in [0.2, 0.25) is 0 Å². The van der Waals surface area contributed by atoms with E-state index < -0.39 is 5.60 Å². The molecule has 0 bridgehead atoms. The number of imidazole rings is 1. The minimum Gasteiger partial charge on any atom is -0.390 e. The van der Waals surface area contributed by atoms with Crippen molar-refractivity contribution in [3.05, 3.63) is 27.2 Å². The summed E-state index contributed by atoms with van der Waals surface area (Å²) < 4.78 is 4.35. The summed E-state index contributed by atoms with van der Waals surface area (Å²) in [6.07, 6.45) is 4.78. The first-order valence-corrected chi connectivity index (χ1v) is 7.63. The SMILES string of the molecule is Cn1cnc2c1c(=O)n(CC1CCCC(C)(O)C1)c(=O)n2C. The molecule has 0 amide bonds. The predicted molar refractivity (Wildman–Crippen MR) is 82.8 cm³/mol. The zero-order chi connectivity index (χ0) is 16.1. The van der Waals surface area contributed by atoms with Gasteiger partial charge in [0.05, 0.1) is 11.9 Å². The van der Waals surface area contributed by atoms with Crippen LogP contribution in [0.1, 0.15) is 32.6 Å². The Labute approximate surface area is 127 Å². The van der Waals surface area contributed by atoms with E-state index in [-0.39, 0.29) is 17.2 Å². The summed E-state index contributed by atoms with van der Waals surface area (Å²) in [5.74, 6) is 0.139. The van der Waals surface area contributed by atoms with Gasteiger partial charge in [0, 0.05) is 20.6 Å². The summed E-state index contributed by atoms with van der Waals surface area (Å²) in [6, 6.07) is 0. The fourth-order valence-corrected chi connectivity index (χ4v) is 3.57. The van der Waals surface area contributed by atoms with Crippen molar-refractivity contribution in [3.63, 3.8) is 0 Å². The van der Waals surface area contributed by atoms with Gasteiger partial charge in [0.2, 0.25) is 0 Å². The second-order valence-electron chi connectivity index (χ2n) is 6.74. The van der Waals surface area contributed by atoms with E-state index >= 15 is 0 Å². The van der Waals surface area contributed by atoms with Gasteiger partial charge in [-0.25, -0.2) is 9.78 Å². The van der Waals surface area contributed by atoms with Crippen molar-refractivity contribution in [2.45, 2.75) is 44.8 Å². The summed E-state index contributed by atoms with van der Waals surface area (Å²) in [7, 11) is 3.38. The van der Waals surface area contributed by atoms with Crippen LogP contribution in [0, 0.1) is 5.92 Å². The van der Waals surface area contributed by atoms with E-state index in [1.165, 1.54) is 9.13 Å². The second-order valence-corrected chi connectivity index (χ2v) is 6.74. The molecule has 2 unspecified atom stereocenters. The molecular weight excluding hydrogens is 284 g/mol. The minimum atomic E-state index is -0.700. The molecule has 0 radical (unpaired) electrons. The Balaban J connectivity index is 2.06. The Kier molecular flexibility index (Phi) is 3.47. The number of hydrogen-bond donors (Lipinski definition) is 1. The van der Waals surface area contributed by atoms with Gasteiger partial charge in [-0.05, 0) is 32.1 Å². The molecule has 120 valence electrons. The molecule has 2 atom stereocenters. The zero-order valence-corrected chi connectivity index (χ0v) is 13.2. The van der Waals surface area contributed by atoms with Crippen LogP contribution in [0.3, 0.4) is 0 Å². The van der Waals surface area contributed by atoms with E-state index in [1.807, 2.05) is 6.92 Å². The molecule has 2 heterocycles. The Bertz CT molecular complexity index is 828. The maximum absolute atomic E-state index is 12.6. The number of nitrogens with zero attached hydrogens (tertiary/aromatic N) is 4. The number of aromatic nitrogens is 4. The summed E-state index contributed by atoms with van der Waals surface area (Å²) in [5.41, 5.74) is -0.507. The lowest BCUT2D eigenvalue weighted by atomic mass is 9.79. The van der Waals surface area contributed by atoms with Crippen molar-refractivity contribution in [2.75, 3.05) is 0 Å². The van der Waals surface area contributed by atoms with Crippen molar-refractivity contribution in [3.8, 4) is 0 Å². The number of fused-ring (bicyclic) bond motifs is 1. The standard InChI is InChI=1S/C15H22N4O3/c1-15(22)6-4-5-10(7-15)8-19-13(20)11-12(16-9-17(11)2)18(3)14(19)21/h9-10,22H,4-8H2,1-3H3. The third kappa shape index (κ3) is 2.39. The van der Waals surface area contributed by atoms with Crippen LogP contribution in [-0.4, -0.2) is 29.4 Å². The second kappa shape index (κ2) is 5.08. The van der Waals surface area contributed by atoms with Crippen molar-refractivity contribution in [1.29, 1.82) is 0 Å². The van der Waals surface area contributed by atoms with Gasteiger partial charge in [-0.3, -0.25) is 13.9 Å². The van der Waals surface area contributed by atoms with Crippen LogP contribution in [0.4, 0.5) is 0 Å². The van der Waals surface area contributed by atoms with Crippen LogP contribution < -0.4 is 11.2 Å².